The predicted molar refractivity (Wildman–Crippen MR) is 63.6 cm³/mol. The fourth-order valence-electron chi connectivity index (χ4n) is 2.08. The summed E-state index contributed by atoms with van der Waals surface area (Å²) in [5.41, 5.74) is 2.74. The van der Waals surface area contributed by atoms with Gasteiger partial charge >= 0.3 is 0 Å². The van der Waals surface area contributed by atoms with E-state index in [1.54, 1.807) is 0 Å². The summed E-state index contributed by atoms with van der Waals surface area (Å²) in [6.07, 6.45) is 0. The quantitative estimate of drug-likeness (QED) is 0.782. The molecule has 0 unspecified atom stereocenters. The fraction of sp³-hybridized carbons (Fsp3) is 0.0714. The molecule has 1 aliphatic heterocycles. The number of fused-ring (bicyclic) bond motifs is 1. The second kappa shape index (κ2) is 3.49. The number of anilines is 1. The van der Waals surface area contributed by atoms with Crippen LogP contribution in [0.3, 0.4) is 0 Å². The van der Waals surface area contributed by atoms with Gasteiger partial charge in [0.15, 0.2) is 5.78 Å². The van der Waals surface area contributed by atoms with E-state index in [2.05, 4.69) is 5.32 Å². The Morgan fingerprint density at radius 1 is 0.875 bits per heavy atom. The fourth-order valence-corrected chi connectivity index (χ4v) is 2.08. The zero-order chi connectivity index (χ0) is 11.0. The summed E-state index contributed by atoms with van der Waals surface area (Å²) in [7, 11) is 0. The van der Waals surface area contributed by atoms with Crippen LogP contribution in [0.1, 0.15) is 22.0 Å². The van der Waals surface area contributed by atoms with Crippen LogP contribution in [0.15, 0.2) is 54.6 Å². The highest BCUT2D eigenvalue weighted by Crippen LogP contribution is 2.33. The number of ketones is 1. The molecule has 1 atom stereocenters. The highest BCUT2D eigenvalue weighted by Gasteiger charge is 2.30. The monoisotopic (exact) mass is 209 g/mol. The number of hydrogen-bond acceptors (Lipinski definition) is 2. The van der Waals surface area contributed by atoms with Gasteiger partial charge in [0.25, 0.3) is 0 Å². The number of nitrogens with one attached hydrogen (secondary N) is 1. The summed E-state index contributed by atoms with van der Waals surface area (Å²) in [6, 6.07) is 17.2. The Balaban J connectivity index is 2.02. The molecule has 0 aromatic heterocycles. The standard InChI is InChI=1S/C14H11NO/c16-14-11-8-4-5-9-12(11)15-13(14)10-6-2-1-3-7-10/h1-9,13,15H/t13-/m0/s1. The van der Waals surface area contributed by atoms with Gasteiger partial charge in [-0.2, -0.15) is 0 Å². The lowest BCUT2D eigenvalue weighted by atomic mass is 10.0. The van der Waals surface area contributed by atoms with Crippen LogP contribution in [0.2, 0.25) is 0 Å². The smallest absolute Gasteiger partial charge is 0.191 e. The molecule has 2 nitrogen and oxygen atoms in total. The Kier molecular flexibility index (Phi) is 2.00. The molecule has 2 heteroatoms. The molecule has 3 rings (SSSR count). The van der Waals surface area contributed by atoms with Crippen LogP contribution in [-0.2, 0) is 0 Å². The van der Waals surface area contributed by atoms with Crippen molar-refractivity contribution >= 4 is 11.5 Å². The Hall–Kier alpha value is -2.09. The van der Waals surface area contributed by atoms with E-state index in [9.17, 15) is 4.79 Å². The molecule has 0 bridgehead atoms. The number of rotatable bonds is 1. The maximum Gasteiger partial charge on any atom is 0.191 e. The molecule has 1 heterocycles. The Morgan fingerprint density at radius 3 is 2.31 bits per heavy atom. The van der Waals surface area contributed by atoms with Crippen molar-refractivity contribution in [2.45, 2.75) is 6.04 Å². The third-order valence-electron chi connectivity index (χ3n) is 2.89. The number of carbonyl (C=O) groups excluding carboxylic acids is 1. The third-order valence-corrected chi connectivity index (χ3v) is 2.89. The summed E-state index contributed by atoms with van der Waals surface area (Å²) in [5, 5.41) is 3.25. The van der Waals surface area contributed by atoms with Crippen molar-refractivity contribution in [2.24, 2.45) is 0 Å². The summed E-state index contributed by atoms with van der Waals surface area (Å²) in [4.78, 5) is 12.1. The van der Waals surface area contributed by atoms with Gasteiger partial charge in [-0.15, -0.1) is 0 Å². The molecule has 0 spiro atoms. The van der Waals surface area contributed by atoms with Gasteiger partial charge in [0, 0.05) is 11.3 Å². The second-order valence-corrected chi connectivity index (χ2v) is 3.90. The largest absolute Gasteiger partial charge is 0.371 e. The lowest BCUT2D eigenvalue weighted by Crippen LogP contribution is -2.12. The maximum absolute atomic E-state index is 12.1. The minimum absolute atomic E-state index is 0.154. The van der Waals surface area contributed by atoms with E-state index in [0.29, 0.717) is 0 Å². The first-order chi connectivity index (χ1) is 7.86. The predicted octanol–water partition coefficient (Wildman–Crippen LogP) is 3.04. The van der Waals surface area contributed by atoms with Crippen LogP contribution in [0.4, 0.5) is 5.69 Å². The van der Waals surface area contributed by atoms with Gasteiger partial charge < -0.3 is 5.32 Å². The molecule has 2 aromatic rings. The summed E-state index contributed by atoms with van der Waals surface area (Å²) in [6.45, 7) is 0. The van der Waals surface area contributed by atoms with E-state index in [1.807, 2.05) is 54.6 Å². The first-order valence-corrected chi connectivity index (χ1v) is 5.31. The van der Waals surface area contributed by atoms with Gasteiger partial charge in [0.1, 0.15) is 6.04 Å². The topological polar surface area (TPSA) is 29.1 Å². The maximum atomic E-state index is 12.1. The minimum atomic E-state index is -0.224. The first kappa shape index (κ1) is 9.16. The molecule has 0 radical (unpaired) electrons. The molecule has 0 aliphatic carbocycles. The van der Waals surface area contributed by atoms with Crippen molar-refractivity contribution in [3.8, 4) is 0 Å². The van der Waals surface area contributed by atoms with E-state index in [0.717, 1.165) is 16.8 Å². The highest BCUT2D eigenvalue weighted by atomic mass is 16.1. The Bertz CT molecular complexity index is 533. The lowest BCUT2D eigenvalue weighted by molar-refractivity contribution is 0.0979. The van der Waals surface area contributed by atoms with Crippen molar-refractivity contribution in [1.29, 1.82) is 0 Å². The molecule has 0 fully saturated rings. The molecular formula is C14H11NO. The van der Waals surface area contributed by atoms with E-state index in [-0.39, 0.29) is 11.8 Å². The van der Waals surface area contributed by atoms with E-state index in [4.69, 9.17) is 0 Å². The number of carbonyl (C=O) groups is 1. The van der Waals surface area contributed by atoms with Crippen LogP contribution >= 0.6 is 0 Å². The molecule has 78 valence electrons. The molecule has 0 saturated carbocycles. The average Bonchev–Trinajstić information content (AvgIpc) is 2.69. The van der Waals surface area contributed by atoms with Gasteiger partial charge in [0.2, 0.25) is 0 Å². The number of para-hydroxylation sites is 1. The van der Waals surface area contributed by atoms with E-state index < -0.39 is 0 Å². The molecule has 16 heavy (non-hydrogen) atoms. The second-order valence-electron chi connectivity index (χ2n) is 3.90. The van der Waals surface area contributed by atoms with E-state index >= 15 is 0 Å². The summed E-state index contributed by atoms with van der Waals surface area (Å²) < 4.78 is 0. The van der Waals surface area contributed by atoms with Crippen molar-refractivity contribution in [3.63, 3.8) is 0 Å². The number of benzene rings is 2. The molecule has 2 aromatic carbocycles. The summed E-state index contributed by atoms with van der Waals surface area (Å²) in [5.74, 6) is 0.154. The van der Waals surface area contributed by atoms with Crippen LogP contribution in [0, 0.1) is 0 Å². The average molecular weight is 209 g/mol. The molecule has 1 N–H and O–H groups in total. The molecule has 0 amide bonds. The molecule has 1 aliphatic rings. The highest BCUT2D eigenvalue weighted by molar-refractivity contribution is 6.10. The van der Waals surface area contributed by atoms with Crippen LogP contribution in [0.5, 0.6) is 0 Å². The lowest BCUT2D eigenvalue weighted by Gasteiger charge is -2.09. The molecule has 0 saturated heterocycles. The summed E-state index contributed by atoms with van der Waals surface area (Å²) >= 11 is 0. The minimum Gasteiger partial charge on any atom is -0.371 e. The van der Waals surface area contributed by atoms with Gasteiger partial charge in [-0.05, 0) is 17.7 Å². The first-order valence-electron chi connectivity index (χ1n) is 5.31. The normalized spacial score (nSPS) is 18.0. The van der Waals surface area contributed by atoms with Crippen LogP contribution in [-0.4, -0.2) is 5.78 Å². The number of hydrogen-bond donors (Lipinski definition) is 1. The van der Waals surface area contributed by atoms with Gasteiger partial charge in [0.05, 0.1) is 0 Å². The van der Waals surface area contributed by atoms with Gasteiger partial charge in [-0.1, -0.05) is 42.5 Å². The number of Topliss-reactive ketones (excluding diaryl/α,β-unsaturated/α-hetero) is 1. The zero-order valence-electron chi connectivity index (χ0n) is 8.68. The SMILES string of the molecule is O=C1c2ccccc2N[C@H]1c1ccccc1. The van der Waals surface area contributed by atoms with E-state index in [1.165, 1.54) is 0 Å². The van der Waals surface area contributed by atoms with Gasteiger partial charge in [-0.3, -0.25) is 4.79 Å². The van der Waals surface area contributed by atoms with Crippen molar-refractivity contribution in [3.05, 3.63) is 65.7 Å². The Labute approximate surface area is 93.9 Å². The molecular weight excluding hydrogens is 198 g/mol. The Morgan fingerprint density at radius 2 is 1.56 bits per heavy atom. The zero-order valence-corrected chi connectivity index (χ0v) is 8.68. The van der Waals surface area contributed by atoms with Crippen molar-refractivity contribution < 1.29 is 4.79 Å². The van der Waals surface area contributed by atoms with Crippen LogP contribution < -0.4 is 5.32 Å². The van der Waals surface area contributed by atoms with Crippen LogP contribution in [0.25, 0.3) is 0 Å². The third kappa shape index (κ3) is 1.31. The van der Waals surface area contributed by atoms with Crippen molar-refractivity contribution in [1.82, 2.24) is 0 Å². The van der Waals surface area contributed by atoms with Gasteiger partial charge in [-0.25, -0.2) is 0 Å². The van der Waals surface area contributed by atoms with Crippen molar-refractivity contribution in [2.75, 3.05) is 5.32 Å².